The maximum absolute atomic E-state index is 5.21. The fourth-order valence-corrected chi connectivity index (χ4v) is 3.76. The first-order valence-electron chi connectivity index (χ1n) is 9.69. The number of ether oxygens (including phenoxy) is 1. The largest absolute Gasteiger partial charge is 0.481 e. The Morgan fingerprint density at radius 3 is 1.96 bits per heavy atom. The van der Waals surface area contributed by atoms with Gasteiger partial charge < -0.3 is 19.4 Å². The van der Waals surface area contributed by atoms with Crippen LogP contribution in [0.15, 0.2) is 18.5 Å². The van der Waals surface area contributed by atoms with Gasteiger partial charge in [-0.05, 0) is 26.2 Å². The number of aryl methyl sites for hydroxylation is 1. The summed E-state index contributed by atoms with van der Waals surface area (Å²) in [6.45, 7) is 7.77. The average Bonchev–Trinajstić information content (AvgIpc) is 2.74. The van der Waals surface area contributed by atoms with Gasteiger partial charge >= 0.3 is 0 Å². The molecule has 2 aromatic rings. The molecule has 2 aliphatic rings. The lowest BCUT2D eigenvalue weighted by Gasteiger charge is -2.36. The molecule has 8 nitrogen and oxygen atoms in total. The highest BCUT2D eigenvalue weighted by molar-refractivity contribution is 5.53. The minimum atomic E-state index is 0.597. The zero-order valence-corrected chi connectivity index (χ0v) is 16.1. The number of nitrogens with zero attached hydrogens (tertiary/aromatic N) is 7. The normalized spacial score (nSPS) is 17.9. The molecule has 0 saturated carbocycles. The molecule has 4 rings (SSSR count). The van der Waals surface area contributed by atoms with Gasteiger partial charge in [-0.2, -0.15) is 0 Å². The molecule has 0 spiro atoms. The van der Waals surface area contributed by atoms with Crippen LogP contribution in [0.25, 0.3) is 0 Å². The van der Waals surface area contributed by atoms with E-state index in [1.807, 2.05) is 13.0 Å². The van der Waals surface area contributed by atoms with E-state index >= 15 is 0 Å². The van der Waals surface area contributed by atoms with Crippen molar-refractivity contribution in [2.24, 2.45) is 0 Å². The smallest absolute Gasteiger partial charge is 0.218 e. The Hall–Kier alpha value is -2.64. The van der Waals surface area contributed by atoms with Crippen molar-refractivity contribution in [1.82, 2.24) is 19.9 Å². The zero-order valence-electron chi connectivity index (χ0n) is 16.1. The molecule has 2 aliphatic heterocycles. The summed E-state index contributed by atoms with van der Waals surface area (Å²) >= 11 is 0. The molecular weight excluding hydrogens is 342 g/mol. The third-order valence-electron chi connectivity index (χ3n) is 5.26. The van der Waals surface area contributed by atoms with E-state index in [1.165, 1.54) is 19.3 Å². The summed E-state index contributed by atoms with van der Waals surface area (Å²) in [5.74, 6) is 4.45. The lowest BCUT2D eigenvalue weighted by atomic mass is 10.1. The van der Waals surface area contributed by atoms with Crippen LogP contribution in [0.4, 0.5) is 17.5 Å². The van der Waals surface area contributed by atoms with Crippen LogP contribution in [0.2, 0.25) is 0 Å². The first kappa shape index (κ1) is 17.8. The third-order valence-corrected chi connectivity index (χ3v) is 5.26. The van der Waals surface area contributed by atoms with E-state index in [2.05, 4.69) is 35.7 Å². The van der Waals surface area contributed by atoms with Gasteiger partial charge in [0.2, 0.25) is 5.88 Å². The molecule has 2 aromatic heterocycles. The van der Waals surface area contributed by atoms with E-state index in [-0.39, 0.29) is 0 Å². The third kappa shape index (κ3) is 4.04. The van der Waals surface area contributed by atoms with Crippen molar-refractivity contribution in [3.8, 4) is 5.88 Å². The highest BCUT2D eigenvalue weighted by atomic mass is 16.5. The predicted molar refractivity (Wildman–Crippen MR) is 106 cm³/mol. The summed E-state index contributed by atoms with van der Waals surface area (Å²) in [5.41, 5.74) is 0. The number of rotatable bonds is 4. The molecule has 0 aliphatic carbocycles. The summed E-state index contributed by atoms with van der Waals surface area (Å²) in [5, 5.41) is 0. The summed E-state index contributed by atoms with van der Waals surface area (Å²) in [6, 6.07) is 4.04. The second-order valence-corrected chi connectivity index (χ2v) is 7.07. The van der Waals surface area contributed by atoms with Crippen LogP contribution in [0.5, 0.6) is 5.88 Å². The molecule has 0 bridgehead atoms. The van der Waals surface area contributed by atoms with Gasteiger partial charge in [-0.3, -0.25) is 0 Å². The first-order valence-corrected chi connectivity index (χ1v) is 9.69. The summed E-state index contributed by atoms with van der Waals surface area (Å²) in [6.07, 6.45) is 5.38. The number of hydrogen-bond donors (Lipinski definition) is 0. The van der Waals surface area contributed by atoms with Gasteiger partial charge in [0.05, 0.1) is 7.11 Å². The number of methoxy groups -OCH3 is 1. The fraction of sp³-hybridized carbons (Fsp3) is 0.579. The topological polar surface area (TPSA) is 70.5 Å². The lowest BCUT2D eigenvalue weighted by molar-refractivity contribution is 0.396. The van der Waals surface area contributed by atoms with E-state index in [0.29, 0.717) is 5.88 Å². The van der Waals surface area contributed by atoms with Gasteiger partial charge in [0.1, 0.15) is 29.6 Å². The molecule has 4 heterocycles. The zero-order chi connectivity index (χ0) is 18.6. The molecule has 0 radical (unpaired) electrons. The Labute approximate surface area is 160 Å². The van der Waals surface area contributed by atoms with Gasteiger partial charge in [-0.1, -0.05) is 0 Å². The highest BCUT2D eigenvalue weighted by Gasteiger charge is 2.22. The van der Waals surface area contributed by atoms with Crippen molar-refractivity contribution in [2.75, 3.05) is 61.1 Å². The quantitative estimate of drug-likeness (QED) is 0.809. The van der Waals surface area contributed by atoms with Gasteiger partial charge in [-0.25, -0.2) is 19.9 Å². The average molecular weight is 369 g/mol. The Balaban J connectivity index is 1.45. The summed E-state index contributed by atoms with van der Waals surface area (Å²) < 4.78 is 5.21. The highest BCUT2D eigenvalue weighted by Crippen LogP contribution is 2.24. The van der Waals surface area contributed by atoms with Crippen LogP contribution in [-0.2, 0) is 0 Å². The summed E-state index contributed by atoms with van der Waals surface area (Å²) in [7, 11) is 1.63. The predicted octanol–water partition coefficient (Wildman–Crippen LogP) is 1.90. The minimum Gasteiger partial charge on any atom is -0.481 e. The van der Waals surface area contributed by atoms with Crippen LogP contribution in [-0.4, -0.2) is 66.3 Å². The molecule has 0 N–H and O–H groups in total. The Bertz CT molecular complexity index is 770. The SMILES string of the molecule is COc1cc(N2CCN(c3cc(N4CCCCC4)nc(C)n3)CC2)ncn1. The van der Waals surface area contributed by atoms with E-state index < -0.39 is 0 Å². The molecule has 0 atom stereocenters. The van der Waals surface area contributed by atoms with E-state index in [9.17, 15) is 0 Å². The van der Waals surface area contributed by atoms with Crippen molar-refractivity contribution in [1.29, 1.82) is 0 Å². The van der Waals surface area contributed by atoms with Gasteiger partial charge in [0.25, 0.3) is 0 Å². The van der Waals surface area contributed by atoms with Crippen molar-refractivity contribution in [2.45, 2.75) is 26.2 Å². The molecule has 0 aromatic carbocycles. The molecular formula is C19H27N7O. The van der Waals surface area contributed by atoms with Gasteiger partial charge in [-0.15, -0.1) is 0 Å². The maximum Gasteiger partial charge on any atom is 0.218 e. The number of hydrogen-bond acceptors (Lipinski definition) is 8. The molecule has 27 heavy (non-hydrogen) atoms. The Kier molecular flexibility index (Phi) is 5.22. The number of piperazine rings is 1. The van der Waals surface area contributed by atoms with Crippen molar-refractivity contribution in [3.63, 3.8) is 0 Å². The van der Waals surface area contributed by atoms with Gasteiger partial charge in [0.15, 0.2) is 0 Å². The molecule has 2 fully saturated rings. The summed E-state index contributed by atoms with van der Waals surface area (Å²) in [4.78, 5) is 24.9. The minimum absolute atomic E-state index is 0.597. The second-order valence-electron chi connectivity index (χ2n) is 7.07. The van der Waals surface area contributed by atoms with E-state index in [1.54, 1.807) is 13.4 Å². The molecule has 8 heteroatoms. The molecule has 0 unspecified atom stereocenters. The number of piperidine rings is 1. The van der Waals surface area contributed by atoms with E-state index in [4.69, 9.17) is 9.72 Å². The second kappa shape index (κ2) is 7.94. The van der Waals surface area contributed by atoms with Crippen LogP contribution in [0.3, 0.4) is 0 Å². The monoisotopic (exact) mass is 369 g/mol. The lowest BCUT2D eigenvalue weighted by Crippen LogP contribution is -2.47. The van der Waals surface area contributed by atoms with Crippen LogP contribution in [0.1, 0.15) is 25.1 Å². The molecule has 2 saturated heterocycles. The Morgan fingerprint density at radius 2 is 1.33 bits per heavy atom. The van der Waals surface area contributed by atoms with Gasteiger partial charge in [0, 0.05) is 51.4 Å². The molecule has 144 valence electrons. The van der Waals surface area contributed by atoms with Crippen molar-refractivity contribution < 1.29 is 4.74 Å². The Morgan fingerprint density at radius 1 is 0.741 bits per heavy atom. The van der Waals surface area contributed by atoms with Crippen molar-refractivity contribution in [3.05, 3.63) is 24.3 Å². The maximum atomic E-state index is 5.21. The molecule has 0 amide bonds. The fourth-order valence-electron chi connectivity index (χ4n) is 3.76. The number of anilines is 3. The first-order chi connectivity index (χ1) is 13.2. The van der Waals surface area contributed by atoms with E-state index in [0.717, 1.165) is 62.5 Å². The van der Waals surface area contributed by atoms with Crippen LogP contribution >= 0.6 is 0 Å². The van der Waals surface area contributed by atoms with Crippen LogP contribution in [0, 0.1) is 6.92 Å². The van der Waals surface area contributed by atoms with Crippen LogP contribution < -0.4 is 19.4 Å². The number of aromatic nitrogens is 4. The van der Waals surface area contributed by atoms with Crippen molar-refractivity contribution >= 4 is 17.5 Å². The standard InChI is InChI=1S/C19H27N7O/c1-15-22-17(24-6-4-3-5-7-24)12-18(23-15)26-10-8-25(9-11-26)16-13-19(27-2)21-14-20-16/h12-14H,3-11H2,1-2H3.